The van der Waals surface area contributed by atoms with Crippen LogP contribution < -0.4 is 31.9 Å². The first-order valence-corrected chi connectivity index (χ1v) is 12.9. The highest BCUT2D eigenvalue weighted by Crippen LogP contribution is 2.27. The summed E-state index contributed by atoms with van der Waals surface area (Å²) in [5, 5.41) is 5.56. The van der Waals surface area contributed by atoms with Crippen molar-refractivity contribution in [3.8, 4) is 0 Å². The Labute approximate surface area is 228 Å². The van der Waals surface area contributed by atoms with Gasteiger partial charge in [-0.25, -0.2) is 13.2 Å². The zero-order valence-electron chi connectivity index (χ0n) is 19.8. The van der Waals surface area contributed by atoms with Gasteiger partial charge in [0.2, 0.25) is 21.9 Å². The van der Waals surface area contributed by atoms with Crippen LogP contribution in [0, 0.1) is 0 Å². The molecule has 39 heavy (non-hydrogen) atoms. The number of carbonyl (C=O) groups is 2. The summed E-state index contributed by atoms with van der Waals surface area (Å²) in [4.78, 5) is 45.8. The highest BCUT2D eigenvalue weighted by Gasteiger charge is 2.43. The third-order valence-corrected chi connectivity index (χ3v) is 6.70. The van der Waals surface area contributed by atoms with Gasteiger partial charge >= 0.3 is 17.7 Å². The molecule has 0 aliphatic carbocycles. The molecule has 1 heterocycles. The van der Waals surface area contributed by atoms with Crippen molar-refractivity contribution in [2.75, 3.05) is 17.9 Å². The fourth-order valence-electron chi connectivity index (χ4n) is 2.86. The number of amides is 1. The smallest absolute Gasteiger partial charge is 0.391 e. The molecule has 0 fully saturated rings. The van der Waals surface area contributed by atoms with Gasteiger partial charge in [-0.3, -0.25) is 14.3 Å². The van der Waals surface area contributed by atoms with Crippen LogP contribution >= 0.6 is 23.2 Å². The van der Waals surface area contributed by atoms with Crippen molar-refractivity contribution in [3.05, 3.63) is 62.0 Å². The monoisotopic (exact) mass is 616 g/mol. The molecule has 2 aromatic rings. The maximum absolute atomic E-state index is 12.9. The molecule has 1 amide bonds. The Kier molecular flexibility index (Phi) is 10.4. The number of nitrogens with one attached hydrogen (secondary N) is 2. The average molecular weight is 617 g/mol. The molecule has 0 saturated heterocycles. The fraction of sp³-hybridized carbons (Fsp3) is 0.300. The molecule has 1 atom stereocenters. The normalized spacial score (nSPS) is 12.3. The second-order valence-corrected chi connectivity index (χ2v) is 10.1. The Morgan fingerprint density at radius 2 is 1.85 bits per heavy atom. The van der Waals surface area contributed by atoms with Gasteiger partial charge in [0, 0.05) is 0 Å². The van der Waals surface area contributed by atoms with E-state index in [4.69, 9.17) is 34.7 Å². The lowest BCUT2D eigenvalue weighted by Gasteiger charge is -2.19. The van der Waals surface area contributed by atoms with Crippen LogP contribution in [0.5, 0.6) is 0 Å². The second kappa shape index (κ2) is 12.9. The lowest BCUT2D eigenvalue weighted by Crippen LogP contribution is -2.42. The molecular weight excluding hydrogens is 596 g/mol. The number of sulfonamides is 1. The summed E-state index contributed by atoms with van der Waals surface area (Å²) in [6, 6.07) is 6.00. The van der Waals surface area contributed by atoms with E-state index >= 15 is 0 Å². The van der Waals surface area contributed by atoms with Gasteiger partial charge in [0.05, 0.1) is 34.0 Å². The van der Waals surface area contributed by atoms with Gasteiger partial charge in [0.15, 0.2) is 0 Å². The predicted octanol–water partition coefficient (Wildman–Crippen LogP) is 1.04. The van der Waals surface area contributed by atoms with Crippen molar-refractivity contribution in [2.45, 2.75) is 24.8 Å². The summed E-state index contributed by atoms with van der Waals surface area (Å²) in [6.45, 7) is 0.837. The summed E-state index contributed by atoms with van der Waals surface area (Å²) in [7, 11) is -4.39. The first-order valence-electron chi connectivity index (χ1n) is 10.5. The van der Waals surface area contributed by atoms with E-state index in [2.05, 4.69) is 20.1 Å². The Bertz CT molecular complexity index is 1430. The number of oxime groups is 1. The van der Waals surface area contributed by atoms with Crippen molar-refractivity contribution < 1.29 is 40.9 Å². The largest absolute Gasteiger partial charge is 0.493 e. The van der Waals surface area contributed by atoms with Crippen LogP contribution in [0.4, 0.5) is 18.9 Å². The lowest BCUT2D eigenvalue weighted by molar-refractivity contribution is -0.200. The van der Waals surface area contributed by atoms with E-state index in [1.165, 1.54) is 25.1 Å². The zero-order valence-corrected chi connectivity index (χ0v) is 22.1. The van der Waals surface area contributed by atoms with Gasteiger partial charge in [-0.05, 0) is 35.8 Å². The highest BCUT2D eigenvalue weighted by molar-refractivity contribution is 7.91. The minimum atomic E-state index is -5.52. The van der Waals surface area contributed by atoms with Crippen molar-refractivity contribution in [2.24, 2.45) is 16.6 Å². The number of anilines is 1. The van der Waals surface area contributed by atoms with Crippen molar-refractivity contribution in [3.63, 3.8) is 0 Å². The van der Waals surface area contributed by atoms with E-state index in [1.54, 1.807) is 0 Å². The number of hydrogen-bond acceptors (Lipinski definition) is 8. The third kappa shape index (κ3) is 8.93. The lowest BCUT2D eigenvalue weighted by atomic mass is 10.1. The predicted molar refractivity (Wildman–Crippen MR) is 134 cm³/mol. The maximum Gasteiger partial charge on any atom is 0.493 e. The van der Waals surface area contributed by atoms with Crippen LogP contribution in [0.15, 0.2) is 40.3 Å². The van der Waals surface area contributed by atoms with Gasteiger partial charge in [0.25, 0.3) is 0 Å². The van der Waals surface area contributed by atoms with Gasteiger partial charge in [0.1, 0.15) is 12.3 Å². The minimum Gasteiger partial charge on any atom is -0.391 e. The Hall–Kier alpha value is -3.70. The Balaban J connectivity index is 2.38. The van der Waals surface area contributed by atoms with Crippen LogP contribution in [0.2, 0.25) is 10.0 Å². The van der Waals surface area contributed by atoms with Gasteiger partial charge < -0.3 is 26.5 Å². The van der Waals surface area contributed by atoms with Gasteiger partial charge in [-0.1, -0.05) is 35.3 Å². The van der Waals surface area contributed by atoms with E-state index in [0.29, 0.717) is 0 Å². The maximum atomic E-state index is 12.9. The van der Waals surface area contributed by atoms with Gasteiger partial charge in [-0.2, -0.15) is 13.2 Å². The minimum absolute atomic E-state index is 0.0604. The molecule has 0 bridgehead atoms. The number of benzene rings is 1. The first-order chi connectivity index (χ1) is 18.0. The zero-order chi connectivity index (χ0) is 29.5. The molecule has 1 aromatic carbocycles. The highest BCUT2D eigenvalue weighted by atomic mass is 35.5. The first kappa shape index (κ1) is 31.5. The summed E-state index contributed by atoms with van der Waals surface area (Å²) >= 11 is 11.9. The van der Waals surface area contributed by atoms with Crippen LogP contribution in [0.3, 0.4) is 0 Å². The number of alkyl halides is 3. The fourth-order valence-corrected chi connectivity index (χ4v) is 4.54. The van der Waals surface area contributed by atoms with E-state index in [0.717, 1.165) is 12.1 Å². The topological polar surface area (TPSA) is 197 Å². The summed E-state index contributed by atoms with van der Waals surface area (Å²) in [5.74, 6) is -6.15. The molecule has 0 aliphatic heterocycles. The van der Waals surface area contributed by atoms with E-state index in [-0.39, 0.29) is 39.5 Å². The SMILES string of the molecule is CC(C(=O)NCCON=C(N)N)c1ccc(NS(=O)(=O)Cc2cccc(Cl)c2Cl)c(=O)n1OC(=O)C(F)(F)F. The molecule has 0 aliphatic rings. The molecule has 0 saturated carbocycles. The standard InChI is InChI=1S/C20H21Cl2F3N6O7S/c1-10(16(32)28-7-8-37-29-19(26)27)14-6-5-13(17(33)31(14)38-18(34)20(23,24)25)30-39(35,36)9-11-3-2-4-12(21)15(11)22/h2-6,10,30H,7-9H2,1H3,(H,28,32)(H4,26,27,29). The molecule has 2 rings (SSSR count). The third-order valence-electron chi connectivity index (χ3n) is 4.62. The van der Waals surface area contributed by atoms with E-state index in [9.17, 15) is 36.0 Å². The van der Waals surface area contributed by atoms with Crippen molar-refractivity contribution >= 4 is 56.7 Å². The Morgan fingerprint density at radius 1 is 1.18 bits per heavy atom. The van der Waals surface area contributed by atoms with Crippen LogP contribution in [0.25, 0.3) is 0 Å². The second-order valence-electron chi connectivity index (χ2n) is 7.58. The molecule has 0 spiro atoms. The van der Waals surface area contributed by atoms with Gasteiger partial charge in [-0.15, -0.1) is 4.73 Å². The number of halogens is 5. The summed E-state index contributed by atoms with van der Waals surface area (Å²) in [6.07, 6.45) is -5.52. The van der Waals surface area contributed by atoms with Crippen molar-refractivity contribution in [1.29, 1.82) is 0 Å². The molecule has 1 aromatic heterocycles. The quantitative estimate of drug-likeness (QED) is 0.123. The summed E-state index contributed by atoms with van der Waals surface area (Å²) in [5.41, 5.74) is 7.39. The number of hydrogen-bond donors (Lipinski definition) is 4. The van der Waals surface area contributed by atoms with E-state index in [1.807, 2.05) is 4.72 Å². The number of rotatable bonds is 11. The number of nitrogens with two attached hydrogens (primary N) is 2. The number of aromatic nitrogens is 1. The van der Waals surface area contributed by atoms with Crippen LogP contribution in [0.1, 0.15) is 24.1 Å². The summed E-state index contributed by atoms with van der Waals surface area (Å²) < 4.78 is 65.8. The number of guanidine groups is 1. The number of nitrogens with zero attached hydrogens (tertiary/aromatic N) is 2. The molecule has 6 N–H and O–H groups in total. The molecule has 1 unspecified atom stereocenters. The molecule has 13 nitrogen and oxygen atoms in total. The number of pyridine rings is 1. The molecule has 0 radical (unpaired) electrons. The average Bonchev–Trinajstić information content (AvgIpc) is 2.82. The van der Waals surface area contributed by atoms with Crippen LogP contribution in [-0.2, 0) is 30.2 Å². The van der Waals surface area contributed by atoms with Crippen molar-refractivity contribution in [1.82, 2.24) is 10.0 Å². The molecular formula is C20H21Cl2F3N6O7S. The number of carbonyl (C=O) groups excluding carboxylic acids is 2. The molecule has 214 valence electrons. The molecule has 19 heteroatoms. The van der Waals surface area contributed by atoms with Crippen LogP contribution in [-0.4, -0.2) is 50.3 Å². The van der Waals surface area contributed by atoms with E-state index < -0.39 is 56.7 Å². The Morgan fingerprint density at radius 3 is 2.46 bits per heavy atom.